The topological polar surface area (TPSA) is 34.1 Å². The van der Waals surface area contributed by atoms with Crippen LogP contribution < -0.4 is 0 Å². The van der Waals surface area contributed by atoms with Crippen LogP contribution in [0.1, 0.15) is 66.2 Å². The molecule has 0 aromatic carbocycles. The number of hydrogen-bond donors (Lipinski definition) is 0. The van der Waals surface area contributed by atoms with Gasteiger partial charge in [-0.25, -0.2) is 0 Å². The highest BCUT2D eigenvalue weighted by molar-refractivity contribution is 5.51. The van der Waals surface area contributed by atoms with Crippen LogP contribution in [0, 0.1) is 22.7 Å². The van der Waals surface area contributed by atoms with Crippen molar-refractivity contribution in [3.05, 3.63) is 0 Å². The smallest absolute Gasteiger partial charge is 0.120 e. The monoisotopic (exact) mass is 252 g/mol. The lowest BCUT2D eigenvalue weighted by Gasteiger charge is -2.48. The van der Waals surface area contributed by atoms with Crippen LogP contribution in [0.3, 0.4) is 0 Å². The van der Waals surface area contributed by atoms with Crippen LogP contribution in [-0.2, 0) is 9.59 Å². The first-order chi connectivity index (χ1) is 8.35. The van der Waals surface area contributed by atoms with Crippen LogP contribution in [0.4, 0.5) is 0 Å². The van der Waals surface area contributed by atoms with Gasteiger partial charge in [0.15, 0.2) is 0 Å². The van der Waals surface area contributed by atoms with Crippen LogP contribution in [0.15, 0.2) is 0 Å². The maximum Gasteiger partial charge on any atom is 0.120 e. The summed E-state index contributed by atoms with van der Waals surface area (Å²) in [6, 6.07) is 0. The van der Waals surface area contributed by atoms with Gasteiger partial charge in [0, 0.05) is 12.8 Å². The highest BCUT2D eigenvalue weighted by Crippen LogP contribution is 2.51. The molecule has 0 amide bonds. The van der Waals surface area contributed by atoms with Crippen molar-refractivity contribution >= 4 is 12.6 Å². The molecule has 1 saturated carbocycles. The molecule has 0 radical (unpaired) electrons. The molecule has 1 fully saturated rings. The predicted octanol–water partition coefficient (Wildman–Crippen LogP) is 4.02. The van der Waals surface area contributed by atoms with Crippen molar-refractivity contribution in [1.82, 2.24) is 0 Å². The first kappa shape index (κ1) is 15.4. The number of hydrogen-bond acceptors (Lipinski definition) is 2. The van der Waals surface area contributed by atoms with Crippen molar-refractivity contribution in [2.75, 3.05) is 0 Å². The van der Waals surface area contributed by atoms with Gasteiger partial charge in [-0.3, -0.25) is 0 Å². The molecule has 0 saturated heterocycles. The molecule has 2 unspecified atom stereocenters. The van der Waals surface area contributed by atoms with Gasteiger partial charge in [-0.05, 0) is 35.5 Å². The minimum Gasteiger partial charge on any atom is -0.303 e. The second-order valence-electron chi connectivity index (χ2n) is 7.22. The van der Waals surface area contributed by atoms with Gasteiger partial charge in [-0.15, -0.1) is 0 Å². The van der Waals surface area contributed by atoms with E-state index in [-0.39, 0.29) is 10.8 Å². The normalized spacial score (nSPS) is 25.8. The van der Waals surface area contributed by atoms with E-state index in [2.05, 4.69) is 27.7 Å². The molecule has 2 nitrogen and oxygen atoms in total. The van der Waals surface area contributed by atoms with Crippen LogP contribution in [-0.4, -0.2) is 12.6 Å². The molecule has 0 heterocycles. The fourth-order valence-corrected chi connectivity index (χ4v) is 3.73. The minimum absolute atomic E-state index is 0.0625. The standard InChI is InChI=1S/C16H28O2/c1-15(2,9-11-17)13-7-5-6-8-14(13)16(3,4)10-12-18/h11-14H,5-10H2,1-4H3. The summed E-state index contributed by atoms with van der Waals surface area (Å²) in [5.41, 5.74) is 0.125. The summed E-state index contributed by atoms with van der Waals surface area (Å²) >= 11 is 0. The maximum absolute atomic E-state index is 10.9. The molecule has 18 heavy (non-hydrogen) atoms. The zero-order valence-corrected chi connectivity index (χ0v) is 12.4. The number of carbonyl (C=O) groups is 2. The lowest BCUT2D eigenvalue weighted by Crippen LogP contribution is -2.41. The van der Waals surface area contributed by atoms with E-state index in [4.69, 9.17) is 0 Å². The van der Waals surface area contributed by atoms with Gasteiger partial charge in [0.05, 0.1) is 0 Å². The first-order valence-electron chi connectivity index (χ1n) is 7.22. The Kier molecular flexibility index (Phi) is 5.12. The van der Waals surface area contributed by atoms with Crippen LogP contribution >= 0.6 is 0 Å². The predicted molar refractivity (Wildman–Crippen MR) is 74.4 cm³/mol. The molecular formula is C16H28O2. The van der Waals surface area contributed by atoms with E-state index >= 15 is 0 Å². The summed E-state index contributed by atoms with van der Waals surface area (Å²) in [6.45, 7) is 8.84. The van der Waals surface area contributed by atoms with Crippen molar-refractivity contribution in [2.45, 2.75) is 66.2 Å². The minimum atomic E-state index is 0.0625. The highest BCUT2D eigenvalue weighted by atomic mass is 16.1. The third-order valence-electron chi connectivity index (χ3n) is 4.99. The van der Waals surface area contributed by atoms with E-state index in [0.717, 1.165) is 12.6 Å². The second kappa shape index (κ2) is 5.99. The Morgan fingerprint density at radius 3 is 1.44 bits per heavy atom. The zero-order chi connectivity index (χ0) is 13.8. The van der Waals surface area contributed by atoms with E-state index in [1.54, 1.807) is 0 Å². The quantitative estimate of drug-likeness (QED) is 0.669. The average molecular weight is 252 g/mol. The molecule has 104 valence electrons. The molecule has 0 aromatic rings. The van der Waals surface area contributed by atoms with E-state index < -0.39 is 0 Å². The average Bonchev–Trinajstić information content (AvgIpc) is 2.29. The Labute approximate surface area is 112 Å². The molecule has 0 aliphatic heterocycles. The fraction of sp³-hybridized carbons (Fsp3) is 0.875. The molecule has 0 aromatic heterocycles. The maximum atomic E-state index is 10.9. The summed E-state index contributed by atoms with van der Waals surface area (Å²) in [5, 5.41) is 0. The van der Waals surface area contributed by atoms with E-state index in [1.807, 2.05) is 0 Å². The molecule has 1 aliphatic rings. The van der Waals surface area contributed by atoms with Crippen LogP contribution in [0.5, 0.6) is 0 Å². The largest absolute Gasteiger partial charge is 0.303 e. The molecule has 0 spiro atoms. The third kappa shape index (κ3) is 3.43. The molecule has 0 N–H and O–H groups in total. The van der Waals surface area contributed by atoms with Gasteiger partial charge >= 0.3 is 0 Å². The molecule has 1 aliphatic carbocycles. The number of carbonyl (C=O) groups excluding carboxylic acids is 2. The molecular weight excluding hydrogens is 224 g/mol. The van der Waals surface area contributed by atoms with Gasteiger partial charge in [0.25, 0.3) is 0 Å². The SMILES string of the molecule is CC(C)(CC=O)C1CCCCC1C(C)(C)CC=O. The Morgan fingerprint density at radius 2 is 1.17 bits per heavy atom. The summed E-state index contributed by atoms with van der Waals surface area (Å²) in [6.07, 6.45) is 8.30. The number of rotatable bonds is 6. The first-order valence-corrected chi connectivity index (χ1v) is 7.22. The van der Waals surface area contributed by atoms with Crippen LogP contribution in [0.25, 0.3) is 0 Å². The highest BCUT2D eigenvalue weighted by Gasteiger charge is 2.43. The summed E-state index contributed by atoms with van der Waals surface area (Å²) < 4.78 is 0. The van der Waals surface area contributed by atoms with Crippen molar-refractivity contribution < 1.29 is 9.59 Å². The van der Waals surface area contributed by atoms with E-state index in [0.29, 0.717) is 24.7 Å². The third-order valence-corrected chi connectivity index (χ3v) is 4.99. The fourth-order valence-electron chi connectivity index (χ4n) is 3.73. The molecule has 2 heteroatoms. The Bertz CT molecular complexity index is 261. The summed E-state index contributed by atoms with van der Waals surface area (Å²) in [4.78, 5) is 21.8. The Morgan fingerprint density at radius 1 is 0.833 bits per heavy atom. The Balaban J connectivity index is 2.92. The van der Waals surface area contributed by atoms with Gasteiger partial charge in [0.2, 0.25) is 0 Å². The molecule has 1 rings (SSSR count). The lowest BCUT2D eigenvalue weighted by molar-refractivity contribution is -0.114. The van der Waals surface area contributed by atoms with Gasteiger partial charge < -0.3 is 9.59 Å². The Hall–Kier alpha value is -0.660. The van der Waals surface area contributed by atoms with Gasteiger partial charge in [0.1, 0.15) is 12.6 Å². The van der Waals surface area contributed by atoms with E-state index in [9.17, 15) is 9.59 Å². The van der Waals surface area contributed by atoms with Gasteiger partial charge in [-0.2, -0.15) is 0 Å². The van der Waals surface area contributed by atoms with Crippen LogP contribution in [0.2, 0.25) is 0 Å². The van der Waals surface area contributed by atoms with Crippen molar-refractivity contribution in [3.63, 3.8) is 0 Å². The lowest BCUT2D eigenvalue weighted by atomic mass is 9.56. The second-order valence-corrected chi connectivity index (χ2v) is 7.22. The molecule has 0 bridgehead atoms. The zero-order valence-electron chi connectivity index (χ0n) is 12.4. The van der Waals surface area contributed by atoms with Crippen molar-refractivity contribution in [2.24, 2.45) is 22.7 Å². The van der Waals surface area contributed by atoms with Crippen molar-refractivity contribution in [3.8, 4) is 0 Å². The summed E-state index contributed by atoms with van der Waals surface area (Å²) in [7, 11) is 0. The van der Waals surface area contributed by atoms with E-state index in [1.165, 1.54) is 25.7 Å². The summed E-state index contributed by atoms with van der Waals surface area (Å²) in [5.74, 6) is 1.12. The molecule has 2 atom stereocenters. The number of aldehydes is 2. The van der Waals surface area contributed by atoms with Gasteiger partial charge in [-0.1, -0.05) is 40.5 Å². The van der Waals surface area contributed by atoms with Crippen molar-refractivity contribution in [1.29, 1.82) is 0 Å².